The zero-order chi connectivity index (χ0) is 30.1. The summed E-state index contributed by atoms with van der Waals surface area (Å²) < 4.78 is 38.7. The molecule has 1 fully saturated rings. The van der Waals surface area contributed by atoms with Gasteiger partial charge >= 0.3 is 0 Å². The standard InChI is InChI=1S/C27H31ClN8O5S/c1-4-42(38,39)35-23-22(28)19(24-33-34-26(41-24)27(3,29)12-17-8-6-5-7-9-17)11-21(31-23)36(13-18-10-16(18)2)14-20(37)25-32-30-15-40-25/h5-9,11,15-16,18H,4,10,12-14,29H2,1-3H3,(H,31,35). The van der Waals surface area contributed by atoms with Gasteiger partial charge in [-0.1, -0.05) is 48.9 Å². The number of sulfonamides is 1. The van der Waals surface area contributed by atoms with Crippen LogP contribution >= 0.6 is 11.6 Å². The van der Waals surface area contributed by atoms with E-state index in [0.29, 0.717) is 24.8 Å². The van der Waals surface area contributed by atoms with Crippen LogP contribution in [0.15, 0.2) is 51.6 Å². The third-order valence-electron chi connectivity index (χ3n) is 7.12. The van der Waals surface area contributed by atoms with Gasteiger partial charge in [-0.2, -0.15) is 0 Å². The van der Waals surface area contributed by atoms with Crippen LogP contribution in [0.4, 0.5) is 11.6 Å². The van der Waals surface area contributed by atoms with Crippen LogP contribution in [-0.4, -0.2) is 58.4 Å². The minimum absolute atomic E-state index is 0.0169. The average Bonchev–Trinajstić information content (AvgIpc) is 3.37. The van der Waals surface area contributed by atoms with Crippen molar-refractivity contribution in [1.82, 2.24) is 25.4 Å². The fraction of sp³-hybridized carbons (Fsp3) is 0.407. The van der Waals surface area contributed by atoms with E-state index in [1.165, 1.54) is 6.92 Å². The summed E-state index contributed by atoms with van der Waals surface area (Å²) in [7, 11) is -3.77. The van der Waals surface area contributed by atoms with Gasteiger partial charge in [-0.3, -0.25) is 9.52 Å². The largest absolute Gasteiger partial charge is 0.421 e. The molecule has 3 unspecified atom stereocenters. The molecule has 15 heteroatoms. The zero-order valence-electron chi connectivity index (χ0n) is 23.3. The number of carbonyl (C=O) groups is 1. The molecule has 0 amide bonds. The number of anilines is 2. The van der Waals surface area contributed by atoms with E-state index in [9.17, 15) is 13.2 Å². The first-order valence-corrected chi connectivity index (χ1v) is 15.4. The predicted octanol–water partition coefficient (Wildman–Crippen LogP) is 3.69. The van der Waals surface area contributed by atoms with Gasteiger partial charge in [-0.15, -0.1) is 20.4 Å². The lowest BCUT2D eigenvalue weighted by molar-refractivity contribution is 0.0965. The molecule has 0 spiro atoms. The lowest BCUT2D eigenvalue weighted by atomic mass is 9.94. The molecule has 0 radical (unpaired) electrons. The SMILES string of the molecule is CCS(=O)(=O)Nc1nc(N(CC(=O)c2nnco2)CC2CC2C)cc(-c2nnc(C(C)(N)Cc3ccccc3)o2)c1Cl. The van der Waals surface area contributed by atoms with Crippen molar-refractivity contribution in [1.29, 1.82) is 0 Å². The smallest absolute Gasteiger partial charge is 0.285 e. The summed E-state index contributed by atoms with van der Waals surface area (Å²) in [5, 5.41) is 15.6. The maximum absolute atomic E-state index is 13.0. The second-order valence-corrected chi connectivity index (χ2v) is 13.1. The van der Waals surface area contributed by atoms with Crippen LogP contribution in [0.3, 0.4) is 0 Å². The van der Waals surface area contributed by atoms with Gasteiger partial charge in [-0.25, -0.2) is 13.4 Å². The van der Waals surface area contributed by atoms with Crippen molar-refractivity contribution in [3.63, 3.8) is 0 Å². The van der Waals surface area contributed by atoms with Gasteiger partial charge in [0, 0.05) is 6.54 Å². The molecule has 222 valence electrons. The highest BCUT2D eigenvalue weighted by molar-refractivity contribution is 7.92. The van der Waals surface area contributed by atoms with Crippen LogP contribution in [-0.2, 0) is 22.0 Å². The maximum atomic E-state index is 13.0. The highest BCUT2D eigenvalue weighted by Gasteiger charge is 2.36. The number of nitrogens with two attached hydrogens (primary N) is 1. The molecule has 3 aromatic heterocycles. The number of hydrogen-bond donors (Lipinski definition) is 2. The first-order valence-electron chi connectivity index (χ1n) is 13.4. The first-order chi connectivity index (χ1) is 20.0. The first kappa shape index (κ1) is 29.6. The highest BCUT2D eigenvalue weighted by atomic mass is 35.5. The number of nitrogens with one attached hydrogen (secondary N) is 1. The molecule has 4 aromatic rings. The number of halogens is 1. The predicted molar refractivity (Wildman–Crippen MR) is 155 cm³/mol. The maximum Gasteiger partial charge on any atom is 0.285 e. The fourth-order valence-electron chi connectivity index (χ4n) is 4.49. The Morgan fingerprint density at radius 2 is 1.98 bits per heavy atom. The monoisotopic (exact) mass is 614 g/mol. The van der Waals surface area contributed by atoms with Crippen molar-refractivity contribution in [2.24, 2.45) is 17.6 Å². The number of aromatic nitrogens is 5. The molecule has 13 nitrogen and oxygen atoms in total. The van der Waals surface area contributed by atoms with Gasteiger partial charge in [0.05, 0.1) is 28.4 Å². The van der Waals surface area contributed by atoms with Crippen LogP contribution in [0.25, 0.3) is 11.5 Å². The Morgan fingerprint density at radius 1 is 1.24 bits per heavy atom. The topological polar surface area (TPSA) is 183 Å². The molecule has 3 N–H and O–H groups in total. The number of hydrogen-bond acceptors (Lipinski definition) is 12. The number of benzene rings is 1. The van der Waals surface area contributed by atoms with Crippen LogP contribution in [0.2, 0.25) is 5.02 Å². The lowest BCUT2D eigenvalue weighted by Gasteiger charge is -2.24. The molecule has 1 aliphatic carbocycles. The number of Topliss-reactive ketones (excluding diaryl/α,β-unsaturated/α-hetero) is 1. The Balaban J connectivity index is 1.54. The van der Waals surface area contributed by atoms with E-state index < -0.39 is 21.3 Å². The molecule has 3 heterocycles. The highest BCUT2D eigenvalue weighted by Crippen LogP contribution is 2.41. The Kier molecular flexibility index (Phi) is 8.30. The Labute approximate surface area is 247 Å². The molecule has 5 rings (SSSR count). The zero-order valence-corrected chi connectivity index (χ0v) is 24.9. The summed E-state index contributed by atoms with van der Waals surface area (Å²) in [6.45, 7) is 5.71. The summed E-state index contributed by atoms with van der Waals surface area (Å²) >= 11 is 6.70. The van der Waals surface area contributed by atoms with E-state index in [1.54, 1.807) is 17.9 Å². The van der Waals surface area contributed by atoms with Crippen LogP contribution in [0.1, 0.15) is 49.3 Å². The van der Waals surface area contributed by atoms with E-state index in [2.05, 4.69) is 37.0 Å². The lowest BCUT2D eigenvalue weighted by Crippen LogP contribution is -2.35. The van der Waals surface area contributed by atoms with E-state index in [0.717, 1.165) is 18.4 Å². The number of pyridine rings is 1. The molecule has 0 saturated heterocycles. The Bertz CT molecular complexity index is 1660. The van der Waals surface area contributed by atoms with E-state index in [1.807, 2.05) is 30.3 Å². The number of carbonyl (C=O) groups excluding carboxylic acids is 1. The second-order valence-electron chi connectivity index (χ2n) is 10.7. The van der Waals surface area contributed by atoms with Gasteiger partial charge in [0.25, 0.3) is 5.89 Å². The van der Waals surface area contributed by atoms with Crippen molar-refractivity contribution >= 4 is 39.0 Å². The number of nitrogens with zero attached hydrogens (tertiary/aromatic N) is 6. The molecule has 0 bridgehead atoms. The average molecular weight is 615 g/mol. The third-order valence-corrected chi connectivity index (χ3v) is 8.77. The van der Waals surface area contributed by atoms with Gasteiger partial charge in [-0.05, 0) is 50.2 Å². The summed E-state index contributed by atoms with van der Waals surface area (Å²) in [6.07, 6.45) is 2.48. The molecule has 42 heavy (non-hydrogen) atoms. The Hall–Kier alpha value is -3.88. The van der Waals surface area contributed by atoms with Gasteiger partial charge in [0.15, 0.2) is 5.82 Å². The van der Waals surface area contributed by atoms with Crippen molar-refractivity contribution < 1.29 is 22.0 Å². The summed E-state index contributed by atoms with van der Waals surface area (Å²) in [5.41, 5.74) is 6.79. The molecule has 1 aliphatic rings. The summed E-state index contributed by atoms with van der Waals surface area (Å²) in [4.78, 5) is 19.2. The molecular weight excluding hydrogens is 584 g/mol. The van der Waals surface area contributed by atoms with Gasteiger partial charge in [0.1, 0.15) is 5.82 Å². The minimum Gasteiger partial charge on any atom is -0.421 e. The molecular formula is C27H31ClN8O5S. The van der Waals surface area contributed by atoms with Crippen LogP contribution in [0.5, 0.6) is 0 Å². The number of ketones is 1. The quantitative estimate of drug-likeness (QED) is 0.208. The molecule has 3 atom stereocenters. The number of rotatable bonds is 13. The molecule has 1 saturated carbocycles. The van der Waals surface area contributed by atoms with E-state index in [4.69, 9.17) is 26.2 Å². The third kappa shape index (κ3) is 6.77. The Morgan fingerprint density at radius 3 is 2.62 bits per heavy atom. The van der Waals surface area contributed by atoms with Crippen molar-refractivity contribution in [3.8, 4) is 11.5 Å². The van der Waals surface area contributed by atoms with Gasteiger partial charge in [0.2, 0.25) is 34.0 Å². The van der Waals surface area contributed by atoms with Crippen molar-refractivity contribution in [2.75, 3.05) is 28.5 Å². The molecule has 0 aliphatic heterocycles. The van der Waals surface area contributed by atoms with Crippen LogP contribution in [0, 0.1) is 11.8 Å². The summed E-state index contributed by atoms with van der Waals surface area (Å²) in [6, 6.07) is 11.2. The van der Waals surface area contributed by atoms with Gasteiger partial charge < -0.3 is 19.5 Å². The van der Waals surface area contributed by atoms with Crippen molar-refractivity contribution in [3.05, 3.63) is 65.2 Å². The normalized spacial score (nSPS) is 17.9. The van der Waals surface area contributed by atoms with Crippen molar-refractivity contribution in [2.45, 2.75) is 39.2 Å². The summed E-state index contributed by atoms with van der Waals surface area (Å²) in [5.74, 6) is 0.315. The van der Waals surface area contributed by atoms with Crippen LogP contribution < -0.4 is 15.4 Å². The minimum atomic E-state index is -3.77. The van der Waals surface area contributed by atoms with E-state index >= 15 is 0 Å². The van der Waals surface area contributed by atoms with E-state index in [-0.39, 0.29) is 52.2 Å². The molecule has 1 aromatic carbocycles. The second kappa shape index (κ2) is 11.8. The fourth-order valence-corrected chi connectivity index (χ4v) is 5.36.